The van der Waals surface area contributed by atoms with Crippen LogP contribution in [0.4, 0.5) is 23.2 Å². The zero-order valence-electron chi connectivity index (χ0n) is 12.8. The van der Waals surface area contributed by atoms with Gasteiger partial charge in [-0.3, -0.25) is 4.31 Å². The minimum Gasteiger partial charge on any atom is -0.265 e. The van der Waals surface area contributed by atoms with Gasteiger partial charge in [-0.1, -0.05) is 18.2 Å². The summed E-state index contributed by atoms with van der Waals surface area (Å²) >= 11 is 0. The Bertz CT molecular complexity index is 965. The molecule has 25 heavy (non-hydrogen) atoms. The number of benzene rings is 2. The molecule has 1 saturated carbocycles. The summed E-state index contributed by atoms with van der Waals surface area (Å²) in [7, 11) is -4.22. The molecule has 4 rings (SSSR count). The van der Waals surface area contributed by atoms with E-state index in [1.807, 2.05) is 12.1 Å². The molecule has 0 radical (unpaired) electrons. The van der Waals surface area contributed by atoms with Crippen molar-refractivity contribution in [1.29, 1.82) is 0 Å². The van der Waals surface area contributed by atoms with Crippen molar-refractivity contribution >= 4 is 15.7 Å². The quantitative estimate of drug-likeness (QED) is 0.746. The van der Waals surface area contributed by atoms with Gasteiger partial charge in [0.2, 0.25) is 0 Å². The third kappa shape index (κ3) is 2.42. The van der Waals surface area contributed by atoms with E-state index in [1.165, 1.54) is 0 Å². The van der Waals surface area contributed by atoms with Crippen LogP contribution in [0.15, 0.2) is 47.4 Å². The lowest BCUT2D eigenvalue weighted by molar-refractivity contribution is -0.140. The average Bonchev–Trinajstić information content (AvgIpc) is 3.24. The van der Waals surface area contributed by atoms with Gasteiger partial charge in [-0.25, -0.2) is 12.8 Å². The Hall–Kier alpha value is -2.09. The minimum absolute atomic E-state index is 0.202. The van der Waals surface area contributed by atoms with Gasteiger partial charge < -0.3 is 0 Å². The predicted octanol–water partition coefficient (Wildman–Crippen LogP) is 4.09. The highest BCUT2D eigenvalue weighted by atomic mass is 32.2. The molecule has 0 aromatic heterocycles. The molecule has 3 nitrogen and oxygen atoms in total. The van der Waals surface area contributed by atoms with E-state index in [4.69, 9.17) is 0 Å². The van der Waals surface area contributed by atoms with Gasteiger partial charge >= 0.3 is 6.18 Å². The van der Waals surface area contributed by atoms with Crippen molar-refractivity contribution in [3.8, 4) is 0 Å². The Morgan fingerprint density at radius 2 is 1.72 bits per heavy atom. The monoisotopic (exact) mass is 371 g/mol. The molecule has 8 heteroatoms. The Labute approximate surface area is 141 Å². The minimum atomic E-state index is -4.96. The number of hydrogen-bond acceptors (Lipinski definition) is 2. The van der Waals surface area contributed by atoms with Gasteiger partial charge in [-0.15, -0.1) is 0 Å². The summed E-state index contributed by atoms with van der Waals surface area (Å²) < 4.78 is 79.2. The van der Waals surface area contributed by atoms with Gasteiger partial charge in [0.15, 0.2) is 0 Å². The second-order valence-electron chi connectivity index (χ2n) is 6.45. The fourth-order valence-electron chi connectivity index (χ4n) is 3.39. The Kier molecular flexibility index (Phi) is 3.26. The lowest BCUT2D eigenvalue weighted by Gasteiger charge is -2.21. The summed E-state index contributed by atoms with van der Waals surface area (Å²) in [5.74, 6) is -1.49. The fourth-order valence-corrected chi connectivity index (χ4v) is 4.98. The summed E-state index contributed by atoms with van der Waals surface area (Å²) in [6, 6.07) is 8.79. The number of fused-ring (bicyclic) bond motifs is 2. The van der Waals surface area contributed by atoms with Crippen LogP contribution >= 0.6 is 0 Å². The van der Waals surface area contributed by atoms with Crippen molar-refractivity contribution in [2.75, 3.05) is 10.8 Å². The molecule has 2 aliphatic rings. The van der Waals surface area contributed by atoms with Crippen LogP contribution in [0.1, 0.15) is 24.0 Å². The van der Waals surface area contributed by atoms with Crippen LogP contribution in [-0.4, -0.2) is 15.0 Å². The lowest BCUT2D eigenvalue weighted by Crippen LogP contribution is -2.31. The summed E-state index contributed by atoms with van der Waals surface area (Å²) in [6.45, 7) is 0.202. The van der Waals surface area contributed by atoms with Gasteiger partial charge in [0.05, 0.1) is 16.1 Å². The molecule has 2 aromatic carbocycles. The van der Waals surface area contributed by atoms with Crippen LogP contribution in [0.5, 0.6) is 0 Å². The molecule has 1 spiro atoms. The molecule has 0 N–H and O–H groups in total. The largest absolute Gasteiger partial charge is 0.419 e. The molecule has 2 aromatic rings. The van der Waals surface area contributed by atoms with Crippen LogP contribution < -0.4 is 4.31 Å². The normalized spacial score (nSPS) is 18.5. The van der Waals surface area contributed by atoms with E-state index in [1.54, 1.807) is 12.1 Å². The first-order chi connectivity index (χ1) is 11.7. The number of hydrogen-bond donors (Lipinski definition) is 0. The highest BCUT2D eigenvalue weighted by molar-refractivity contribution is 7.92. The van der Waals surface area contributed by atoms with Crippen molar-refractivity contribution in [1.82, 2.24) is 0 Å². The van der Waals surface area contributed by atoms with Gasteiger partial charge in [-0.2, -0.15) is 13.2 Å². The number of nitrogens with zero attached hydrogens (tertiary/aromatic N) is 1. The fraction of sp³-hybridized carbons (Fsp3) is 0.294. The van der Waals surface area contributed by atoms with Crippen LogP contribution in [0.2, 0.25) is 0 Å². The summed E-state index contributed by atoms with van der Waals surface area (Å²) in [4.78, 5) is -0.561. The molecule has 0 bridgehead atoms. The zero-order chi connectivity index (χ0) is 18.0. The molecular formula is C17H13F4NO2S. The van der Waals surface area contributed by atoms with Crippen LogP contribution in [0.25, 0.3) is 0 Å². The van der Waals surface area contributed by atoms with Gasteiger partial charge in [0.25, 0.3) is 10.0 Å². The van der Waals surface area contributed by atoms with E-state index in [0.717, 1.165) is 28.8 Å². The first-order valence-corrected chi connectivity index (χ1v) is 9.08. The number of sulfonamides is 1. The van der Waals surface area contributed by atoms with Crippen LogP contribution in [-0.2, 0) is 21.6 Å². The smallest absolute Gasteiger partial charge is 0.265 e. The van der Waals surface area contributed by atoms with E-state index >= 15 is 0 Å². The first-order valence-electron chi connectivity index (χ1n) is 7.64. The third-order valence-corrected chi connectivity index (χ3v) is 6.63. The average molecular weight is 371 g/mol. The molecule has 1 aliphatic heterocycles. The Balaban J connectivity index is 1.82. The molecular weight excluding hydrogens is 358 g/mol. The van der Waals surface area contributed by atoms with Crippen molar-refractivity contribution < 1.29 is 26.0 Å². The number of para-hydroxylation sites is 1. The molecule has 132 valence electrons. The molecule has 1 fully saturated rings. The van der Waals surface area contributed by atoms with E-state index in [-0.39, 0.29) is 12.0 Å². The zero-order valence-corrected chi connectivity index (χ0v) is 13.7. The lowest BCUT2D eigenvalue weighted by atomic mass is 9.99. The first kappa shape index (κ1) is 16.4. The number of halogens is 4. The van der Waals surface area contributed by atoms with E-state index in [9.17, 15) is 26.0 Å². The van der Waals surface area contributed by atoms with Gasteiger partial charge in [0.1, 0.15) is 5.82 Å². The van der Waals surface area contributed by atoms with Crippen molar-refractivity contribution in [3.05, 3.63) is 59.4 Å². The Morgan fingerprint density at radius 1 is 1.04 bits per heavy atom. The molecule has 0 unspecified atom stereocenters. The summed E-state index contributed by atoms with van der Waals surface area (Å²) in [5.41, 5.74) is -0.437. The molecule has 0 atom stereocenters. The van der Waals surface area contributed by atoms with Gasteiger partial charge in [-0.05, 0) is 42.7 Å². The summed E-state index contributed by atoms with van der Waals surface area (Å²) in [5, 5.41) is 0. The van der Waals surface area contributed by atoms with Crippen molar-refractivity contribution in [2.45, 2.75) is 29.3 Å². The number of anilines is 1. The van der Waals surface area contributed by atoms with E-state index < -0.39 is 32.5 Å². The van der Waals surface area contributed by atoms with Crippen molar-refractivity contribution in [3.63, 3.8) is 0 Å². The third-order valence-electron chi connectivity index (χ3n) is 4.88. The van der Waals surface area contributed by atoms with Gasteiger partial charge in [0, 0.05) is 12.0 Å². The molecule has 0 saturated heterocycles. The standard InChI is InChI=1S/C17H13F4NO2S/c18-14-6-5-11(9-13(14)17(19,20)21)25(23,24)22-10-16(7-8-16)12-3-1-2-4-15(12)22/h1-6,9H,7-8,10H2. The number of alkyl halides is 3. The molecule has 1 heterocycles. The van der Waals surface area contributed by atoms with E-state index in [0.29, 0.717) is 17.8 Å². The Morgan fingerprint density at radius 3 is 2.36 bits per heavy atom. The highest BCUT2D eigenvalue weighted by Gasteiger charge is 2.54. The topological polar surface area (TPSA) is 37.4 Å². The second kappa shape index (κ2) is 4.97. The summed E-state index contributed by atoms with van der Waals surface area (Å²) in [6.07, 6.45) is -3.28. The predicted molar refractivity (Wildman–Crippen MR) is 83.3 cm³/mol. The van der Waals surface area contributed by atoms with Crippen LogP contribution in [0, 0.1) is 5.82 Å². The highest BCUT2D eigenvalue weighted by Crippen LogP contribution is 2.57. The molecule has 1 aliphatic carbocycles. The van der Waals surface area contributed by atoms with E-state index in [2.05, 4.69) is 0 Å². The SMILES string of the molecule is O=S(=O)(c1ccc(F)c(C(F)(F)F)c1)N1CC2(CC2)c2ccccc21. The molecule has 0 amide bonds. The van der Waals surface area contributed by atoms with Crippen molar-refractivity contribution in [2.24, 2.45) is 0 Å². The maximum Gasteiger partial charge on any atom is 0.419 e. The second-order valence-corrected chi connectivity index (χ2v) is 8.31. The van der Waals surface area contributed by atoms with Crippen LogP contribution in [0.3, 0.4) is 0 Å². The number of rotatable bonds is 2. The maximum absolute atomic E-state index is 13.5. The maximum atomic E-state index is 13.5.